The monoisotopic (exact) mass is 514 g/mol. The van der Waals surface area contributed by atoms with Crippen molar-refractivity contribution in [3.05, 3.63) is 120 Å². The van der Waals surface area contributed by atoms with Crippen molar-refractivity contribution in [2.24, 2.45) is 0 Å². The van der Waals surface area contributed by atoms with Gasteiger partial charge in [-0.15, -0.1) is 0 Å². The molecule has 0 aliphatic carbocycles. The highest BCUT2D eigenvalue weighted by Crippen LogP contribution is 2.55. The van der Waals surface area contributed by atoms with Crippen LogP contribution in [-0.2, 0) is 0 Å². The van der Waals surface area contributed by atoms with Crippen molar-refractivity contribution in [3.8, 4) is 44.5 Å². The first-order chi connectivity index (χ1) is 19.5. The summed E-state index contributed by atoms with van der Waals surface area (Å²) in [6, 6.07) is 40.7. The standard InChI is InChI=1S/C38H30N2/c1-23-7-5-9-25(19-23)27-11-13-29-31-15-16-32-30-14-12-28(26-10-6-8-24(2)20-26)22-36(30)40(4)34-18-17-33(37(31)38(32)34)39(3)35(29)21-27/h5-22H,1-4H3. The average Bonchev–Trinajstić information content (AvgIpc) is 2.98. The Labute approximate surface area is 235 Å². The summed E-state index contributed by atoms with van der Waals surface area (Å²) in [6.45, 7) is 4.31. The number of benzene rings is 6. The highest BCUT2D eigenvalue weighted by Gasteiger charge is 2.30. The second kappa shape index (κ2) is 8.34. The summed E-state index contributed by atoms with van der Waals surface area (Å²) in [5.41, 5.74) is 17.8. The van der Waals surface area contributed by atoms with Crippen LogP contribution < -0.4 is 9.80 Å². The Morgan fingerprint density at radius 2 is 0.775 bits per heavy atom. The molecule has 0 saturated carbocycles. The van der Waals surface area contributed by atoms with Gasteiger partial charge in [0.1, 0.15) is 0 Å². The van der Waals surface area contributed by atoms with Gasteiger partial charge in [-0.05, 0) is 71.5 Å². The molecule has 2 heteroatoms. The topological polar surface area (TPSA) is 6.48 Å². The maximum absolute atomic E-state index is 2.38. The Morgan fingerprint density at radius 1 is 0.375 bits per heavy atom. The number of hydrogen-bond donors (Lipinski definition) is 0. The zero-order chi connectivity index (χ0) is 27.1. The summed E-state index contributed by atoms with van der Waals surface area (Å²) in [5, 5.41) is 2.68. The predicted molar refractivity (Wildman–Crippen MR) is 171 cm³/mol. The van der Waals surface area contributed by atoms with Gasteiger partial charge < -0.3 is 9.80 Å². The molecule has 0 amide bonds. The zero-order valence-electron chi connectivity index (χ0n) is 23.3. The van der Waals surface area contributed by atoms with Crippen molar-refractivity contribution in [1.82, 2.24) is 0 Å². The summed E-state index contributed by atoms with van der Waals surface area (Å²) in [5.74, 6) is 0. The van der Waals surface area contributed by atoms with Crippen LogP contribution in [0.4, 0.5) is 22.7 Å². The molecule has 0 aromatic heterocycles. The highest BCUT2D eigenvalue weighted by molar-refractivity contribution is 6.22. The highest BCUT2D eigenvalue weighted by atomic mass is 15.1. The summed E-state index contributed by atoms with van der Waals surface area (Å²) >= 11 is 0. The molecule has 2 nitrogen and oxygen atoms in total. The van der Waals surface area contributed by atoms with Crippen LogP contribution in [0.25, 0.3) is 55.3 Å². The molecule has 0 atom stereocenters. The number of rotatable bonds is 2. The Balaban J connectivity index is 1.32. The SMILES string of the molecule is Cc1cccc(-c2ccc3c(c2)N(C)c2ccc4c5c(ccc-3c25)-c2ccc(-c3cccc(C)c3)cc2N4C)c1. The number of aryl methyl sites for hydroxylation is 2. The fourth-order valence-electron chi connectivity index (χ4n) is 6.81. The van der Waals surface area contributed by atoms with E-state index in [1.807, 2.05) is 0 Å². The van der Waals surface area contributed by atoms with Crippen LogP contribution >= 0.6 is 0 Å². The Bertz CT molecular complexity index is 1870. The van der Waals surface area contributed by atoms with Crippen molar-refractivity contribution >= 4 is 33.5 Å². The number of anilines is 4. The van der Waals surface area contributed by atoms with Gasteiger partial charge in [0.2, 0.25) is 0 Å². The summed E-state index contributed by atoms with van der Waals surface area (Å²) < 4.78 is 0. The molecule has 0 N–H and O–H groups in total. The van der Waals surface area contributed by atoms with Gasteiger partial charge in [0.05, 0.1) is 0 Å². The first-order valence-electron chi connectivity index (χ1n) is 14.0. The first-order valence-corrected chi connectivity index (χ1v) is 14.0. The van der Waals surface area contributed by atoms with Crippen molar-refractivity contribution in [1.29, 1.82) is 0 Å². The Kier molecular flexibility index (Phi) is 4.82. The fraction of sp³-hybridized carbons (Fsp3) is 0.105. The van der Waals surface area contributed by atoms with E-state index < -0.39 is 0 Å². The van der Waals surface area contributed by atoms with Crippen LogP contribution in [0.2, 0.25) is 0 Å². The maximum Gasteiger partial charge on any atom is 0.0496 e. The molecular formula is C38H30N2. The van der Waals surface area contributed by atoms with Crippen LogP contribution in [0.1, 0.15) is 11.1 Å². The molecule has 6 aromatic rings. The number of fused-ring (bicyclic) bond motifs is 4. The van der Waals surface area contributed by atoms with E-state index in [1.165, 1.54) is 89.2 Å². The van der Waals surface area contributed by atoms with E-state index in [1.54, 1.807) is 0 Å². The lowest BCUT2D eigenvalue weighted by atomic mass is 9.83. The van der Waals surface area contributed by atoms with Gasteiger partial charge in [0.25, 0.3) is 0 Å². The molecule has 2 aliphatic heterocycles. The lowest BCUT2D eigenvalue weighted by molar-refractivity contribution is 1.19. The molecule has 8 rings (SSSR count). The lowest BCUT2D eigenvalue weighted by Gasteiger charge is -2.36. The average molecular weight is 515 g/mol. The Morgan fingerprint density at radius 3 is 1.20 bits per heavy atom. The lowest BCUT2D eigenvalue weighted by Crippen LogP contribution is -2.19. The minimum absolute atomic E-state index is 1.25. The molecule has 192 valence electrons. The van der Waals surface area contributed by atoms with Gasteiger partial charge >= 0.3 is 0 Å². The van der Waals surface area contributed by atoms with E-state index in [0.29, 0.717) is 0 Å². The second-order valence-corrected chi connectivity index (χ2v) is 11.3. The van der Waals surface area contributed by atoms with Crippen LogP contribution in [0, 0.1) is 13.8 Å². The van der Waals surface area contributed by atoms with Gasteiger partial charge in [-0.2, -0.15) is 0 Å². The zero-order valence-corrected chi connectivity index (χ0v) is 23.3. The fourth-order valence-corrected chi connectivity index (χ4v) is 6.81. The normalized spacial score (nSPS) is 12.9. The summed E-state index contributed by atoms with van der Waals surface area (Å²) in [4.78, 5) is 4.75. The third-order valence-corrected chi connectivity index (χ3v) is 8.84. The molecule has 0 unspecified atom stereocenters. The number of hydrogen-bond acceptors (Lipinski definition) is 2. The van der Waals surface area contributed by atoms with Crippen LogP contribution in [0.5, 0.6) is 0 Å². The van der Waals surface area contributed by atoms with Crippen molar-refractivity contribution in [2.45, 2.75) is 13.8 Å². The molecule has 0 spiro atoms. The molecule has 2 aliphatic rings. The van der Waals surface area contributed by atoms with Crippen molar-refractivity contribution in [2.75, 3.05) is 23.9 Å². The first kappa shape index (κ1) is 23.1. The van der Waals surface area contributed by atoms with Gasteiger partial charge in [0.15, 0.2) is 0 Å². The molecule has 0 radical (unpaired) electrons. The predicted octanol–water partition coefficient (Wildman–Crippen LogP) is 10.3. The molecule has 0 saturated heterocycles. The molecular weight excluding hydrogens is 484 g/mol. The Hall–Kier alpha value is -4.82. The van der Waals surface area contributed by atoms with E-state index in [-0.39, 0.29) is 0 Å². The van der Waals surface area contributed by atoms with E-state index >= 15 is 0 Å². The molecule has 40 heavy (non-hydrogen) atoms. The van der Waals surface area contributed by atoms with Crippen LogP contribution in [0.15, 0.2) is 109 Å². The van der Waals surface area contributed by atoms with Crippen molar-refractivity contribution < 1.29 is 0 Å². The van der Waals surface area contributed by atoms with E-state index in [0.717, 1.165) is 0 Å². The number of nitrogens with zero attached hydrogens (tertiary/aromatic N) is 2. The van der Waals surface area contributed by atoms with Gasteiger partial charge in [-0.25, -0.2) is 0 Å². The quantitative estimate of drug-likeness (QED) is 0.227. The van der Waals surface area contributed by atoms with Gasteiger partial charge in [0, 0.05) is 58.7 Å². The second-order valence-electron chi connectivity index (χ2n) is 11.3. The smallest absolute Gasteiger partial charge is 0.0496 e. The largest absolute Gasteiger partial charge is 0.344 e. The van der Waals surface area contributed by atoms with Crippen LogP contribution in [0.3, 0.4) is 0 Å². The summed E-state index contributed by atoms with van der Waals surface area (Å²) in [7, 11) is 4.42. The summed E-state index contributed by atoms with van der Waals surface area (Å²) in [6.07, 6.45) is 0. The van der Waals surface area contributed by atoms with Gasteiger partial charge in [-0.1, -0.05) is 96.1 Å². The maximum atomic E-state index is 2.38. The minimum atomic E-state index is 1.25. The van der Waals surface area contributed by atoms with Gasteiger partial charge in [-0.3, -0.25) is 0 Å². The van der Waals surface area contributed by atoms with E-state index in [9.17, 15) is 0 Å². The van der Waals surface area contributed by atoms with E-state index in [4.69, 9.17) is 0 Å². The van der Waals surface area contributed by atoms with Crippen LogP contribution in [-0.4, -0.2) is 14.1 Å². The third kappa shape index (κ3) is 3.23. The minimum Gasteiger partial charge on any atom is -0.344 e. The molecule has 2 heterocycles. The molecule has 0 bridgehead atoms. The molecule has 0 fully saturated rings. The van der Waals surface area contributed by atoms with Crippen molar-refractivity contribution in [3.63, 3.8) is 0 Å². The van der Waals surface area contributed by atoms with E-state index in [2.05, 4.69) is 147 Å². The third-order valence-electron chi connectivity index (χ3n) is 8.84. The molecule has 6 aromatic carbocycles.